The lowest BCUT2D eigenvalue weighted by Gasteiger charge is -2.08. The third kappa shape index (κ3) is 5.58. The van der Waals surface area contributed by atoms with E-state index >= 15 is 0 Å². The van der Waals surface area contributed by atoms with Crippen LogP contribution in [0.3, 0.4) is 0 Å². The minimum Gasteiger partial charge on any atom is -0.338 e. The lowest BCUT2D eigenvalue weighted by molar-refractivity contribution is 0.252. The van der Waals surface area contributed by atoms with E-state index in [-0.39, 0.29) is 17.5 Å². The Bertz CT molecular complexity index is 729. The number of hydrogen-bond donors (Lipinski definition) is 3. The summed E-state index contributed by atoms with van der Waals surface area (Å²) in [7, 11) is -3.51. The van der Waals surface area contributed by atoms with Gasteiger partial charge in [0, 0.05) is 24.6 Å². The van der Waals surface area contributed by atoms with Gasteiger partial charge in [0.15, 0.2) is 0 Å². The summed E-state index contributed by atoms with van der Waals surface area (Å²) in [6.07, 6.45) is 1.92. The quantitative estimate of drug-likeness (QED) is 0.649. The number of benzene rings is 1. The molecule has 8 nitrogen and oxygen atoms in total. The molecular formula is C13H17N5O3S2. The van der Waals surface area contributed by atoms with Crippen LogP contribution in [0.2, 0.25) is 0 Å². The van der Waals surface area contributed by atoms with Gasteiger partial charge in [-0.3, -0.25) is 5.32 Å². The fourth-order valence-electron chi connectivity index (χ4n) is 1.68. The maximum absolute atomic E-state index is 12.0. The Morgan fingerprint density at radius 2 is 1.96 bits per heavy atom. The SMILES string of the molecule is Cc1ccc(S(=O)(=O)NCCCNC(=O)Nc2cnns2)cc1. The molecule has 3 N–H and O–H groups in total. The molecule has 0 radical (unpaired) electrons. The maximum atomic E-state index is 12.0. The number of nitrogens with one attached hydrogen (secondary N) is 3. The number of anilines is 1. The molecule has 0 saturated carbocycles. The predicted octanol–water partition coefficient (Wildman–Crippen LogP) is 1.34. The van der Waals surface area contributed by atoms with E-state index in [0.717, 1.165) is 17.1 Å². The molecular weight excluding hydrogens is 338 g/mol. The summed E-state index contributed by atoms with van der Waals surface area (Å²) in [5.41, 5.74) is 0.996. The monoisotopic (exact) mass is 355 g/mol. The number of urea groups is 1. The summed E-state index contributed by atoms with van der Waals surface area (Å²) in [6.45, 7) is 2.47. The second kappa shape index (κ2) is 7.99. The van der Waals surface area contributed by atoms with E-state index in [1.165, 1.54) is 6.20 Å². The highest BCUT2D eigenvalue weighted by molar-refractivity contribution is 7.89. The van der Waals surface area contributed by atoms with E-state index in [0.29, 0.717) is 18.0 Å². The van der Waals surface area contributed by atoms with Crippen molar-refractivity contribution in [2.24, 2.45) is 0 Å². The fourth-order valence-corrected chi connectivity index (χ4v) is 3.16. The zero-order valence-electron chi connectivity index (χ0n) is 12.4. The zero-order valence-corrected chi connectivity index (χ0v) is 14.1. The molecule has 0 fully saturated rings. The molecule has 124 valence electrons. The third-order valence-electron chi connectivity index (χ3n) is 2.86. The zero-order chi connectivity index (χ0) is 16.7. The third-order valence-corrected chi connectivity index (χ3v) is 4.92. The lowest BCUT2D eigenvalue weighted by atomic mass is 10.2. The average Bonchev–Trinajstić information content (AvgIpc) is 3.00. The summed E-state index contributed by atoms with van der Waals surface area (Å²) in [4.78, 5) is 11.7. The average molecular weight is 355 g/mol. The van der Waals surface area contributed by atoms with E-state index < -0.39 is 10.0 Å². The Kier molecular flexibility index (Phi) is 6.02. The molecule has 0 aliphatic heterocycles. The summed E-state index contributed by atoms with van der Waals surface area (Å²) in [6, 6.07) is 6.24. The standard InChI is InChI=1S/C13H17N5O3S2/c1-10-3-5-11(6-4-10)23(20,21)16-8-2-7-14-13(19)17-12-9-15-18-22-12/h3-6,9,16H,2,7-8H2,1H3,(H2,14,17,19). The van der Waals surface area contributed by atoms with Crippen LogP contribution in [-0.2, 0) is 10.0 Å². The summed E-state index contributed by atoms with van der Waals surface area (Å²) < 4.78 is 30.2. The number of amides is 2. The van der Waals surface area contributed by atoms with E-state index in [1.807, 2.05) is 6.92 Å². The van der Waals surface area contributed by atoms with Gasteiger partial charge in [0.25, 0.3) is 0 Å². The van der Waals surface area contributed by atoms with Gasteiger partial charge < -0.3 is 5.32 Å². The molecule has 23 heavy (non-hydrogen) atoms. The summed E-state index contributed by atoms with van der Waals surface area (Å²) >= 11 is 1.07. The minimum absolute atomic E-state index is 0.228. The van der Waals surface area contributed by atoms with Crippen LogP contribution in [0.4, 0.5) is 9.80 Å². The van der Waals surface area contributed by atoms with Crippen molar-refractivity contribution >= 4 is 32.6 Å². The number of hydrogen-bond acceptors (Lipinski definition) is 6. The smallest absolute Gasteiger partial charge is 0.319 e. The fraction of sp³-hybridized carbons (Fsp3) is 0.308. The molecule has 0 aliphatic rings. The van der Waals surface area contributed by atoms with Crippen molar-refractivity contribution in [3.05, 3.63) is 36.0 Å². The van der Waals surface area contributed by atoms with E-state index in [2.05, 4.69) is 24.9 Å². The molecule has 0 spiro atoms. The summed E-state index contributed by atoms with van der Waals surface area (Å²) in [5, 5.41) is 9.33. The largest absolute Gasteiger partial charge is 0.338 e. The predicted molar refractivity (Wildman–Crippen MR) is 87.9 cm³/mol. The highest BCUT2D eigenvalue weighted by Gasteiger charge is 2.12. The second-order valence-electron chi connectivity index (χ2n) is 4.73. The van der Waals surface area contributed by atoms with Crippen LogP contribution >= 0.6 is 11.5 Å². The Labute approximate surface area is 138 Å². The molecule has 2 aromatic rings. The normalized spacial score (nSPS) is 11.2. The molecule has 1 heterocycles. The van der Waals surface area contributed by atoms with Crippen LogP contribution in [0.5, 0.6) is 0 Å². The van der Waals surface area contributed by atoms with Gasteiger partial charge >= 0.3 is 6.03 Å². The molecule has 1 aromatic carbocycles. The topological polar surface area (TPSA) is 113 Å². The number of carbonyl (C=O) groups is 1. The van der Waals surface area contributed by atoms with Crippen LogP contribution < -0.4 is 15.4 Å². The lowest BCUT2D eigenvalue weighted by Crippen LogP contribution is -2.32. The first-order valence-corrected chi connectivity index (χ1v) is 9.11. The van der Waals surface area contributed by atoms with Crippen molar-refractivity contribution < 1.29 is 13.2 Å². The molecule has 2 amide bonds. The first-order chi connectivity index (χ1) is 11.0. The number of aryl methyl sites for hydroxylation is 1. The van der Waals surface area contributed by atoms with Crippen molar-refractivity contribution in [3.8, 4) is 0 Å². The van der Waals surface area contributed by atoms with Gasteiger partial charge in [0.1, 0.15) is 5.00 Å². The molecule has 0 saturated heterocycles. The van der Waals surface area contributed by atoms with Gasteiger partial charge in [-0.05, 0) is 25.5 Å². The van der Waals surface area contributed by atoms with Gasteiger partial charge in [-0.2, -0.15) is 0 Å². The number of nitrogens with zero attached hydrogens (tertiary/aromatic N) is 2. The number of carbonyl (C=O) groups excluding carboxylic acids is 1. The maximum Gasteiger partial charge on any atom is 0.319 e. The highest BCUT2D eigenvalue weighted by Crippen LogP contribution is 2.10. The first kappa shape index (κ1) is 17.3. The molecule has 2 rings (SSSR count). The van der Waals surface area contributed by atoms with Crippen molar-refractivity contribution in [2.45, 2.75) is 18.2 Å². The van der Waals surface area contributed by atoms with E-state index in [9.17, 15) is 13.2 Å². The molecule has 0 bridgehead atoms. The van der Waals surface area contributed by atoms with Gasteiger partial charge in [0.05, 0.1) is 11.1 Å². The molecule has 0 unspecified atom stereocenters. The van der Waals surface area contributed by atoms with Gasteiger partial charge in [0.2, 0.25) is 10.0 Å². The summed E-state index contributed by atoms with van der Waals surface area (Å²) in [5.74, 6) is 0. The van der Waals surface area contributed by atoms with E-state index in [4.69, 9.17) is 0 Å². The van der Waals surface area contributed by atoms with Gasteiger partial charge in [-0.15, -0.1) is 5.10 Å². The van der Waals surface area contributed by atoms with Crippen molar-refractivity contribution in [1.29, 1.82) is 0 Å². The Morgan fingerprint density at radius 1 is 1.22 bits per heavy atom. The minimum atomic E-state index is -3.51. The second-order valence-corrected chi connectivity index (χ2v) is 7.28. The van der Waals surface area contributed by atoms with Crippen LogP contribution in [-0.4, -0.2) is 37.1 Å². The Morgan fingerprint density at radius 3 is 2.61 bits per heavy atom. The Hall–Kier alpha value is -2.04. The van der Waals surface area contributed by atoms with Crippen molar-refractivity contribution in [3.63, 3.8) is 0 Å². The molecule has 1 aromatic heterocycles. The molecule has 0 atom stereocenters. The number of rotatable bonds is 7. The van der Waals surface area contributed by atoms with Crippen LogP contribution in [0.15, 0.2) is 35.4 Å². The number of aromatic nitrogens is 2. The van der Waals surface area contributed by atoms with Crippen LogP contribution in [0, 0.1) is 6.92 Å². The Balaban J connectivity index is 1.68. The van der Waals surface area contributed by atoms with Gasteiger partial charge in [-0.25, -0.2) is 17.9 Å². The molecule has 0 aliphatic carbocycles. The first-order valence-electron chi connectivity index (χ1n) is 6.86. The van der Waals surface area contributed by atoms with Gasteiger partial charge in [-0.1, -0.05) is 22.2 Å². The van der Waals surface area contributed by atoms with Crippen LogP contribution in [0.25, 0.3) is 0 Å². The highest BCUT2D eigenvalue weighted by atomic mass is 32.2. The number of sulfonamides is 1. The van der Waals surface area contributed by atoms with Crippen molar-refractivity contribution in [2.75, 3.05) is 18.4 Å². The van der Waals surface area contributed by atoms with Crippen LogP contribution in [0.1, 0.15) is 12.0 Å². The van der Waals surface area contributed by atoms with Crippen molar-refractivity contribution in [1.82, 2.24) is 19.6 Å². The van der Waals surface area contributed by atoms with E-state index in [1.54, 1.807) is 24.3 Å². The molecule has 10 heteroatoms.